The Bertz CT molecular complexity index is 490. The van der Waals surface area contributed by atoms with Gasteiger partial charge in [-0.2, -0.15) is 0 Å². The quantitative estimate of drug-likeness (QED) is 0.327. The standard InChI is InChI=1S/C21H32O4/c1-3-4-7-10-18(22)15-13-17-14-16-20(23)19(17)11-8-5-6-9-12-21(24)25-2/h5,8,13-19,22H,3-4,6-7,9-12H2,1-2H3/t17?,18-,19?/m1/s1. The molecule has 0 amide bonds. The Morgan fingerprint density at radius 1 is 1.32 bits per heavy atom. The van der Waals surface area contributed by atoms with E-state index in [1.165, 1.54) is 7.11 Å². The predicted molar refractivity (Wildman–Crippen MR) is 100 cm³/mol. The SMILES string of the molecule is CCCCC[C@@H](O)C=CC1C=CC(=O)C1CC=CCCCC(=O)OC. The van der Waals surface area contributed by atoms with Gasteiger partial charge in [-0.1, -0.05) is 56.6 Å². The molecule has 0 aliphatic heterocycles. The molecule has 4 heteroatoms. The van der Waals surface area contributed by atoms with Gasteiger partial charge in [0.15, 0.2) is 5.78 Å². The minimum Gasteiger partial charge on any atom is -0.469 e. The van der Waals surface area contributed by atoms with Crippen LogP contribution in [0.5, 0.6) is 0 Å². The van der Waals surface area contributed by atoms with E-state index in [2.05, 4.69) is 11.7 Å². The van der Waals surface area contributed by atoms with Gasteiger partial charge in [0, 0.05) is 18.3 Å². The Morgan fingerprint density at radius 3 is 2.84 bits per heavy atom. The number of hydrogen-bond donors (Lipinski definition) is 1. The van der Waals surface area contributed by atoms with Crippen LogP contribution in [-0.2, 0) is 14.3 Å². The summed E-state index contributed by atoms with van der Waals surface area (Å²) in [6, 6.07) is 0. The first-order chi connectivity index (χ1) is 12.1. The van der Waals surface area contributed by atoms with Crippen molar-refractivity contribution in [1.82, 2.24) is 0 Å². The second-order valence-corrected chi connectivity index (χ2v) is 6.57. The minimum atomic E-state index is -0.426. The van der Waals surface area contributed by atoms with Crippen molar-refractivity contribution in [2.45, 2.75) is 64.4 Å². The Hall–Kier alpha value is -1.68. The van der Waals surface area contributed by atoms with Crippen molar-refractivity contribution in [2.24, 2.45) is 11.8 Å². The Morgan fingerprint density at radius 2 is 2.12 bits per heavy atom. The molecule has 2 unspecified atom stereocenters. The number of ether oxygens (including phenoxy) is 1. The third-order valence-corrected chi connectivity index (χ3v) is 4.51. The summed E-state index contributed by atoms with van der Waals surface area (Å²) in [6.45, 7) is 2.14. The van der Waals surface area contributed by atoms with Crippen LogP contribution >= 0.6 is 0 Å². The van der Waals surface area contributed by atoms with E-state index in [9.17, 15) is 14.7 Å². The summed E-state index contributed by atoms with van der Waals surface area (Å²) >= 11 is 0. The number of aliphatic hydroxyl groups excluding tert-OH is 1. The van der Waals surface area contributed by atoms with Gasteiger partial charge in [0.2, 0.25) is 0 Å². The number of rotatable bonds is 12. The number of hydrogen-bond acceptors (Lipinski definition) is 4. The second kappa shape index (κ2) is 12.6. The number of carbonyl (C=O) groups excluding carboxylic acids is 2. The van der Waals surface area contributed by atoms with Crippen LogP contribution in [0.3, 0.4) is 0 Å². The van der Waals surface area contributed by atoms with Crippen molar-refractivity contribution >= 4 is 11.8 Å². The van der Waals surface area contributed by atoms with Crippen LogP contribution in [0, 0.1) is 11.8 Å². The summed E-state index contributed by atoms with van der Waals surface area (Å²) in [6.07, 6.45) is 17.7. The predicted octanol–water partition coefficient (Wildman–Crippen LogP) is 4.14. The van der Waals surface area contributed by atoms with E-state index in [4.69, 9.17) is 0 Å². The van der Waals surface area contributed by atoms with Crippen LogP contribution in [0.2, 0.25) is 0 Å². The van der Waals surface area contributed by atoms with Crippen molar-refractivity contribution in [3.63, 3.8) is 0 Å². The minimum absolute atomic E-state index is 0.0630. The number of unbranched alkanes of at least 4 members (excludes halogenated alkanes) is 3. The van der Waals surface area contributed by atoms with E-state index >= 15 is 0 Å². The summed E-state index contributed by atoms with van der Waals surface area (Å²) in [5, 5.41) is 9.98. The maximum absolute atomic E-state index is 12.0. The summed E-state index contributed by atoms with van der Waals surface area (Å²) in [5.41, 5.74) is 0. The number of carbonyl (C=O) groups is 2. The summed E-state index contributed by atoms with van der Waals surface area (Å²) in [4.78, 5) is 23.0. The number of allylic oxidation sites excluding steroid dienone is 5. The average molecular weight is 348 g/mol. The van der Waals surface area contributed by atoms with Crippen molar-refractivity contribution in [3.05, 3.63) is 36.5 Å². The molecule has 4 nitrogen and oxygen atoms in total. The van der Waals surface area contributed by atoms with E-state index in [1.54, 1.807) is 6.08 Å². The monoisotopic (exact) mass is 348 g/mol. The zero-order chi connectivity index (χ0) is 18.5. The zero-order valence-electron chi connectivity index (χ0n) is 15.5. The number of ketones is 1. The lowest BCUT2D eigenvalue weighted by molar-refractivity contribution is -0.140. The highest BCUT2D eigenvalue weighted by atomic mass is 16.5. The molecule has 0 spiro atoms. The fourth-order valence-corrected chi connectivity index (χ4v) is 2.91. The van der Waals surface area contributed by atoms with E-state index in [0.717, 1.165) is 38.5 Å². The first-order valence-corrected chi connectivity index (χ1v) is 9.38. The highest BCUT2D eigenvalue weighted by molar-refractivity contribution is 5.95. The molecule has 0 aromatic rings. The number of methoxy groups -OCH3 is 1. The maximum Gasteiger partial charge on any atom is 0.305 e. The molecule has 1 N–H and O–H groups in total. The molecule has 25 heavy (non-hydrogen) atoms. The van der Waals surface area contributed by atoms with E-state index < -0.39 is 6.10 Å². The lowest BCUT2D eigenvalue weighted by Crippen LogP contribution is -2.14. The fraction of sp³-hybridized carbons (Fsp3) is 0.619. The molecule has 0 aromatic heterocycles. The van der Waals surface area contributed by atoms with Crippen LogP contribution in [0.15, 0.2) is 36.5 Å². The number of aliphatic hydroxyl groups is 1. The molecule has 0 aromatic carbocycles. The molecule has 140 valence electrons. The van der Waals surface area contributed by atoms with Gasteiger partial charge in [0.25, 0.3) is 0 Å². The van der Waals surface area contributed by atoms with Gasteiger partial charge >= 0.3 is 5.97 Å². The largest absolute Gasteiger partial charge is 0.469 e. The van der Waals surface area contributed by atoms with Gasteiger partial charge in [-0.25, -0.2) is 0 Å². The first kappa shape index (κ1) is 21.4. The van der Waals surface area contributed by atoms with E-state index in [0.29, 0.717) is 12.8 Å². The lowest BCUT2D eigenvalue weighted by atomic mass is 9.90. The van der Waals surface area contributed by atoms with E-state index in [-0.39, 0.29) is 23.6 Å². The van der Waals surface area contributed by atoms with Gasteiger partial charge in [0.1, 0.15) is 0 Å². The molecule has 1 rings (SSSR count). The van der Waals surface area contributed by atoms with Gasteiger partial charge in [-0.15, -0.1) is 0 Å². The summed E-state index contributed by atoms with van der Waals surface area (Å²) in [5.74, 6) is -0.0513. The van der Waals surface area contributed by atoms with Crippen molar-refractivity contribution in [2.75, 3.05) is 7.11 Å². The van der Waals surface area contributed by atoms with Crippen LogP contribution in [0.4, 0.5) is 0 Å². The van der Waals surface area contributed by atoms with Crippen LogP contribution < -0.4 is 0 Å². The normalized spacial score (nSPS) is 21.5. The fourth-order valence-electron chi connectivity index (χ4n) is 2.91. The molecular weight excluding hydrogens is 316 g/mol. The van der Waals surface area contributed by atoms with Gasteiger partial charge < -0.3 is 9.84 Å². The van der Waals surface area contributed by atoms with Gasteiger partial charge in [-0.05, 0) is 31.8 Å². The smallest absolute Gasteiger partial charge is 0.305 e. The van der Waals surface area contributed by atoms with Crippen molar-refractivity contribution in [1.29, 1.82) is 0 Å². The molecule has 0 bridgehead atoms. The average Bonchev–Trinajstić information content (AvgIpc) is 2.96. The molecule has 1 aliphatic carbocycles. The Labute approximate surface area is 151 Å². The lowest BCUT2D eigenvalue weighted by Gasteiger charge is -2.13. The van der Waals surface area contributed by atoms with Gasteiger partial charge in [0.05, 0.1) is 13.2 Å². The number of esters is 1. The van der Waals surface area contributed by atoms with Crippen LogP contribution in [-0.4, -0.2) is 30.1 Å². The topological polar surface area (TPSA) is 63.6 Å². The Balaban J connectivity index is 2.36. The molecule has 3 atom stereocenters. The molecular formula is C21H32O4. The molecule has 0 radical (unpaired) electrons. The highest BCUT2D eigenvalue weighted by Crippen LogP contribution is 2.27. The molecule has 0 saturated heterocycles. The Kier molecular flexibility index (Phi) is 10.8. The first-order valence-electron chi connectivity index (χ1n) is 9.38. The molecule has 0 saturated carbocycles. The van der Waals surface area contributed by atoms with Crippen LogP contribution in [0.25, 0.3) is 0 Å². The van der Waals surface area contributed by atoms with Gasteiger partial charge in [-0.3, -0.25) is 9.59 Å². The van der Waals surface area contributed by atoms with Crippen molar-refractivity contribution < 1.29 is 19.4 Å². The zero-order valence-corrected chi connectivity index (χ0v) is 15.5. The second-order valence-electron chi connectivity index (χ2n) is 6.57. The van der Waals surface area contributed by atoms with Crippen LogP contribution in [0.1, 0.15) is 58.3 Å². The third kappa shape index (κ3) is 8.82. The highest BCUT2D eigenvalue weighted by Gasteiger charge is 2.27. The molecule has 0 fully saturated rings. The summed E-state index contributed by atoms with van der Waals surface area (Å²) in [7, 11) is 1.39. The summed E-state index contributed by atoms with van der Waals surface area (Å²) < 4.78 is 4.60. The maximum atomic E-state index is 12.0. The molecule has 1 aliphatic rings. The third-order valence-electron chi connectivity index (χ3n) is 4.51. The van der Waals surface area contributed by atoms with E-state index in [1.807, 2.05) is 30.4 Å². The van der Waals surface area contributed by atoms with Crippen molar-refractivity contribution in [3.8, 4) is 0 Å². The molecule has 0 heterocycles.